The van der Waals surface area contributed by atoms with Crippen LogP contribution in [0.15, 0.2) is 64.1 Å². The zero-order valence-corrected chi connectivity index (χ0v) is 16.2. The first-order valence-corrected chi connectivity index (χ1v) is 9.43. The van der Waals surface area contributed by atoms with Gasteiger partial charge in [0.05, 0.1) is 6.20 Å². The van der Waals surface area contributed by atoms with Crippen molar-refractivity contribution >= 4 is 5.96 Å². The Balaban J connectivity index is 1.57. The number of aliphatic imine (C=N–C) groups is 1. The van der Waals surface area contributed by atoms with Gasteiger partial charge >= 0.3 is 0 Å². The van der Waals surface area contributed by atoms with Gasteiger partial charge in [-0.2, -0.15) is 0 Å². The van der Waals surface area contributed by atoms with E-state index in [1.807, 2.05) is 50.2 Å². The van der Waals surface area contributed by atoms with Crippen LogP contribution < -0.4 is 10.6 Å². The molecule has 0 amide bonds. The molecule has 0 aliphatic rings. The highest BCUT2D eigenvalue weighted by atomic mass is 19.1. The summed E-state index contributed by atoms with van der Waals surface area (Å²) in [5.41, 5.74) is 3.06. The Labute approximate surface area is 164 Å². The van der Waals surface area contributed by atoms with E-state index in [0.29, 0.717) is 24.9 Å². The minimum atomic E-state index is -0.204. The van der Waals surface area contributed by atoms with Gasteiger partial charge in [-0.3, -0.25) is 0 Å². The molecule has 1 heterocycles. The Morgan fingerprint density at radius 2 is 1.96 bits per heavy atom. The van der Waals surface area contributed by atoms with Crippen LogP contribution in [0.5, 0.6) is 0 Å². The van der Waals surface area contributed by atoms with Crippen LogP contribution in [0, 0.1) is 12.7 Å². The highest BCUT2D eigenvalue weighted by Gasteiger charge is 2.06. The van der Waals surface area contributed by atoms with Crippen LogP contribution in [0.2, 0.25) is 0 Å². The predicted octanol–water partition coefficient (Wildman–Crippen LogP) is 4.09. The fourth-order valence-electron chi connectivity index (χ4n) is 2.86. The molecule has 3 aromatic rings. The van der Waals surface area contributed by atoms with E-state index >= 15 is 0 Å². The Kier molecular flexibility index (Phi) is 6.78. The summed E-state index contributed by atoms with van der Waals surface area (Å²) < 4.78 is 19.0. The number of nitrogens with one attached hydrogen (secondary N) is 2. The lowest BCUT2D eigenvalue weighted by Gasteiger charge is -2.12. The van der Waals surface area contributed by atoms with Crippen molar-refractivity contribution in [3.63, 3.8) is 0 Å². The maximum Gasteiger partial charge on any atom is 0.216 e. The molecule has 0 radical (unpaired) electrons. The lowest BCUT2D eigenvalue weighted by molar-refractivity contribution is 0.509. The van der Waals surface area contributed by atoms with Crippen LogP contribution >= 0.6 is 0 Å². The maximum atomic E-state index is 13.2. The molecule has 2 N–H and O–H groups in total. The number of rotatable bonds is 7. The Morgan fingerprint density at radius 3 is 2.71 bits per heavy atom. The lowest BCUT2D eigenvalue weighted by Crippen LogP contribution is -2.38. The van der Waals surface area contributed by atoms with Crippen LogP contribution in [-0.4, -0.2) is 24.0 Å². The third-order valence-corrected chi connectivity index (χ3v) is 4.32. The van der Waals surface area contributed by atoms with Gasteiger partial charge in [0.1, 0.15) is 12.4 Å². The molecule has 0 unspecified atom stereocenters. The number of guanidine groups is 1. The highest BCUT2D eigenvalue weighted by molar-refractivity contribution is 5.79. The monoisotopic (exact) mass is 380 g/mol. The average molecular weight is 380 g/mol. The van der Waals surface area contributed by atoms with E-state index in [0.717, 1.165) is 35.4 Å². The first kappa shape index (κ1) is 19.6. The summed E-state index contributed by atoms with van der Waals surface area (Å²) >= 11 is 0. The number of oxazole rings is 1. The largest absolute Gasteiger partial charge is 0.439 e. The van der Waals surface area contributed by atoms with Gasteiger partial charge in [-0.15, -0.1) is 0 Å². The van der Waals surface area contributed by atoms with Crippen LogP contribution in [0.25, 0.3) is 11.3 Å². The summed E-state index contributed by atoms with van der Waals surface area (Å²) in [4.78, 5) is 8.84. The SMILES string of the molecule is CCNC(=NCc1ncc(-c2ccccc2)o1)NCCc1ccc(F)cc1C. The van der Waals surface area contributed by atoms with Crippen molar-refractivity contribution in [2.75, 3.05) is 13.1 Å². The van der Waals surface area contributed by atoms with Gasteiger partial charge in [-0.05, 0) is 43.5 Å². The molecule has 6 heteroatoms. The molecule has 0 saturated carbocycles. The number of hydrogen-bond acceptors (Lipinski definition) is 3. The molecular formula is C22H25FN4O. The van der Waals surface area contributed by atoms with Crippen LogP contribution in [0.1, 0.15) is 23.9 Å². The normalized spacial score (nSPS) is 11.5. The predicted molar refractivity (Wildman–Crippen MR) is 110 cm³/mol. The van der Waals surface area contributed by atoms with Crippen molar-refractivity contribution in [1.82, 2.24) is 15.6 Å². The van der Waals surface area contributed by atoms with Gasteiger partial charge in [0, 0.05) is 18.7 Å². The molecule has 2 aromatic carbocycles. The van der Waals surface area contributed by atoms with Crippen molar-refractivity contribution in [3.8, 4) is 11.3 Å². The minimum absolute atomic E-state index is 0.204. The molecule has 0 saturated heterocycles. The molecule has 146 valence electrons. The molecule has 0 aliphatic carbocycles. The van der Waals surface area contributed by atoms with Crippen LogP contribution in [0.3, 0.4) is 0 Å². The van der Waals surface area contributed by atoms with Crippen molar-refractivity contribution in [2.45, 2.75) is 26.8 Å². The Morgan fingerprint density at radius 1 is 1.14 bits per heavy atom. The molecule has 0 fully saturated rings. The fraction of sp³-hybridized carbons (Fsp3) is 0.273. The van der Waals surface area contributed by atoms with E-state index in [1.54, 1.807) is 12.3 Å². The Hall–Kier alpha value is -3.15. The zero-order chi connectivity index (χ0) is 19.8. The van der Waals surface area contributed by atoms with E-state index in [2.05, 4.69) is 20.6 Å². The molecule has 5 nitrogen and oxygen atoms in total. The van der Waals surface area contributed by atoms with Gasteiger partial charge < -0.3 is 15.1 Å². The van der Waals surface area contributed by atoms with E-state index < -0.39 is 0 Å². The minimum Gasteiger partial charge on any atom is -0.439 e. The first-order chi connectivity index (χ1) is 13.7. The number of aryl methyl sites for hydroxylation is 1. The number of hydrogen-bond donors (Lipinski definition) is 2. The molecule has 28 heavy (non-hydrogen) atoms. The molecule has 3 rings (SSSR count). The van der Waals surface area contributed by atoms with E-state index in [-0.39, 0.29) is 5.82 Å². The van der Waals surface area contributed by atoms with Gasteiger partial charge in [0.15, 0.2) is 11.7 Å². The van der Waals surface area contributed by atoms with Crippen molar-refractivity contribution in [2.24, 2.45) is 4.99 Å². The second kappa shape index (κ2) is 9.69. The molecular weight excluding hydrogens is 355 g/mol. The molecule has 0 spiro atoms. The van der Waals surface area contributed by atoms with Gasteiger partial charge in [0.25, 0.3) is 0 Å². The van der Waals surface area contributed by atoms with Crippen molar-refractivity contribution in [3.05, 3.63) is 77.6 Å². The summed E-state index contributed by atoms with van der Waals surface area (Å²) in [6, 6.07) is 14.7. The second-order valence-electron chi connectivity index (χ2n) is 6.43. The summed E-state index contributed by atoms with van der Waals surface area (Å²) in [6.07, 6.45) is 2.51. The molecule has 0 aliphatic heterocycles. The standard InChI is InChI=1S/C22H25FN4O/c1-3-24-22(25-12-11-17-9-10-19(23)13-16(17)2)27-15-21-26-14-20(28-21)18-7-5-4-6-8-18/h4-10,13-14H,3,11-12,15H2,1-2H3,(H2,24,25,27). The maximum absolute atomic E-state index is 13.2. The van der Waals surface area contributed by atoms with Crippen molar-refractivity contribution < 1.29 is 8.81 Å². The summed E-state index contributed by atoms with van der Waals surface area (Å²) in [6.45, 7) is 5.73. The summed E-state index contributed by atoms with van der Waals surface area (Å²) in [5.74, 6) is 1.78. The smallest absolute Gasteiger partial charge is 0.216 e. The van der Waals surface area contributed by atoms with Crippen LogP contribution in [0.4, 0.5) is 4.39 Å². The van der Waals surface area contributed by atoms with Gasteiger partial charge in [0.2, 0.25) is 5.89 Å². The molecule has 1 aromatic heterocycles. The van der Waals surface area contributed by atoms with E-state index in [4.69, 9.17) is 4.42 Å². The number of aromatic nitrogens is 1. The topological polar surface area (TPSA) is 62.5 Å². The van der Waals surface area contributed by atoms with E-state index in [9.17, 15) is 4.39 Å². The molecule has 0 atom stereocenters. The summed E-state index contributed by atoms with van der Waals surface area (Å²) in [5, 5.41) is 6.51. The van der Waals surface area contributed by atoms with Gasteiger partial charge in [-0.1, -0.05) is 36.4 Å². The third kappa shape index (κ3) is 5.42. The molecule has 0 bridgehead atoms. The Bertz CT molecular complexity index is 921. The second-order valence-corrected chi connectivity index (χ2v) is 6.43. The van der Waals surface area contributed by atoms with E-state index in [1.165, 1.54) is 6.07 Å². The quantitative estimate of drug-likeness (QED) is 0.479. The summed E-state index contributed by atoms with van der Waals surface area (Å²) in [7, 11) is 0. The fourth-order valence-corrected chi connectivity index (χ4v) is 2.86. The number of benzene rings is 2. The first-order valence-electron chi connectivity index (χ1n) is 9.43. The lowest BCUT2D eigenvalue weighted by atomic mass is 10.1. The zero-order valence-electron chi connectivity index (χ0n) is 16.2. The van der Waals surface area contributed by atoms with Crippen LogP contribution in [-0.2, 0) is 13.0 Å². The third-order valence-electron chi connectivity index (χ3n) is 4.32. The number of nitrogens with zero attached hydrogens (tertiary/aromatic N) is 2. The van der Waals surface area contributed by atoms with Crippen molar-refractivity contribution in [1.29, 1.82) is 0 Å². The highest BCUT2D eigenvalue weighted by Crippen LogP contribution is 2.19. The average Bonchev–Trinajstić information content (AvgIpc) is 3.17. The number of halogens is 1. The van der Waals surface area contributed by atoms with Gasteiger partial charge in [-0.25, -0.2) is 14.4 Å².